The summed E-state index contributed by atoms with van der Waals surface area (Å²) in [7, 11) is 0. The van der Waals surface area contributed by atoms with E-state index < -0.39 is 0 Å². The molecule has 142 valence electrons. The number of fused-ring (bicyclic) bond motifs is 1. The fourth-order valence-corrected chi connectivity index (χ4v) is 6.20. The van der Waals surface area contributed by atoms with Crippen LogP contribution in [-0.4, -0.2) is 27.6 Å². The third kappa shape index (κ3) is 1.89. The van der Waals surface area contributed by atoms with Crippen molar-refractivity contribution in [3.8, 4) is 0 Å². The minimum absolute atomic E-state index is 0.104. The zero-order chi connectivity index (χ0) is 19.2. The van der Waals surface area contributed by atoms with Crippen LogP contribution in [0, 0.1) is 42.4 Å². The monoisotopic (exact) mass is 373 g/mol. The second-order valence-corrected chi connectivity index (χ2v) is 8.65. The van der Waals surface area contributed by atoms with Crippen molar-refractivity contribution in [2.45, 2.75) is 26.8 Å². The van der Waals surface area contributed by atoms with Crippen LogP contribution in [-0.2, 0) is 16.1 Å². The summed E-state index contributed by atoms with van der Waals surface area (Å²) in [5, 5.41) is 6.72. The summed E-state index contributed by atoms with van der Waals surface area (Å²) < 4.78 is 2.24. The number of hydrazone groups is 1. The summed E-state index contributed by atoms with van der Waals surface area (Å²) in [4.78, 5) is 26.2. The Labute approximate surface area is 163 Å². The van der Waals surface area contributed by atoms with Crippen molar-refractivity contribution < 1.29 is 9.59 Å². The molecule has 4 aliphatic carbocycles. The minimum Gasteiger partial charge on any atom is -0.344 e. The van der Waals surface area contributed by atoms with Gasteiger partial charge in [0, 0.05) is 28.7 Å². The molecule has 1 aromatic carbocycles. The number of hydrogen-bond donors (Lipinski definition) is 0. The van der Waals surface area contributed by atoms with Gasteiger partial charge < -0.3 is 4.57 Å². The second kappa shape index (κ2) is 5.43. The van der Waals surface area contributed by atoms with Crippen molar-refractivity contribution >= 4 is 28.9 Å². The molecule has 5 heteroatoms. The van der Waals surface area contributed by atoms with Crippen molar-refractivity contribution in [2.75, 3.05) is 0 Å². The third-order valence-corrected chi connectivity index (χ3v) is 7.54. The Hall–Kier alpha value is -2.69. The Balaban J connectivity index is 1.38. The fraction of sp³-hybridized carbons (Fsp3) is 0.435. The van der Waals surface area contributed by atoms with Gasteiger partial charge in [0.15, 0.2) is 0 Å². The van der Waals surface area contributed by atoms with Gasteiger partial charge in [-0.15, -0.1) is 0 Å². The first kappa shape index (κ1) is 16.3. The van der Waals surface area contributed by atoms with E-state index >= 15 is 0 Å². The Bertz CT molecular complexity index is 1060. The molecule has 0 N–H and O–H groups in total. The molecule has 0 spiro atoms. The minimum atomic E-state index is -0.193. The lowest BCUT2D eigenvalue weighted by atomic mass is 9.63. The predicted molar refractivity (Wildman–Crippen MR) is 106 cm³/mol. The van der Waals surface area contributed by atoms with Gasteiger partial charge in [0.25, 0.3) is 11.8 Å². The van der Waals surface area contributed by atoms with Crippen LogP contribution in [0.25, 0.3) is 10.9 Å². The first-order chi connectivity index (χ1) is 13.6. The molecule has 7 rings (SSSR count). The molecule has 5 nitrogen and oxygen atoms in total. The Morgan fingerprint density at radius 3 is 2.36 bits per heavy atom. The van der Waals surface area contributed by atoms with Gasteiger partial charge in [-0.05, 0) is 50.0 Å². The van der Waals surface area contributed by atoms with Crippen molar-refractivity contribution in [1.82, 2.24) is 9.58 Å². The predicted octanol–water partition coefficient (Wildman–Crippen LogP) is 3.36. The quantitative estimate of drug-likeness (QED) is 0.471. The van der Waals surface area contributed by atoms with E-state index in [2.05, 4.69) is 47.8 Å². The van der Waals surface area contributed by atoms with Gasteiger partial charge in [-0.1, -0.05) is 30.4 Å². The number of para-hydroxylation sites is 1. The maximum Gasteiger partial charge on any atom is 0.254 e. The van der Waals surface area contributed by atoms with Crippen molar-refractivity contribution in [2.24, 2.45) is 40.6 Å². The highest BCUT2D eigenvalue weighted by atomic mass is 16.2. The largest absolute Gasteiger partial charge is 0.344 e. The van der Waals surface area contributed by atoms with E-state index in [4.69, 9.17) is 0 Å². The summed E-state index contributed by atoms with van der Waals surface area (Å²) in [5.41, 5.74) is 3.24. The lowest BCUT2D eigenvalue weighted by molar-refractivity contribution is -0.140. The molecule has 1 aliphatic heterocycles. The second-order valence-electron chi connectivity index (χ2n) is 8.65. The number of allylic oxidation sites excluding steroid dienone is 2. The van der Waals surface area contributed by atoms with Gasteiger partial charge in [-0.25, -0.2) is 0 Å². The number of benzene rings is 1. The third-order valence-electron chi connectivity index (χ3n) is 7.54. The van der Waals surface area contributed by atoms with E-state index in [1.807, 2.05) is 12.1 Å². The van der Waals surface area contributed by atoms with Gasteiger partial charge in [0.05, 0.1) is 18.1 Å². The molecular weight excluding hydrogens is 350 g/mol. The van der Waals surface area contributed by atoms with Gasteiger partial charge >= 0.3 is 0 Å². The van der Waals surface area contributed by atoms with E-state index in [0.29, 0.717) is 11.8 Å². The molecule has 2 aromatic rings. The molecule has 1 aromatic heterocycles. The van der Waals surface area contributed by atoms with Gasteiger partial charge in [-0.2, -0.15) is 10.1 Å². The topological polar surface area (TPSA) is 54.7 Å². The van der Waals surface area contributed by atoms with E-state index in [1.54, 1.807) is 6.21 Å². The SMILES string of the molecule is CCn1c(C)c(/C=N\N2C(=O)[C@@H]3[C@H]4C=C[C@@H]([C@@H]5C[C@H]45)[C@@H]3C2=O)c2ccccc21. The lowest BCUT2D eigenvalue weighted by Gasteiger charge is -2.37. The zero-order valence-corrected chi connectivity index (χ0v) is 16.1. The van der Waals surface area contributed by atoms with Gasteiger partial charge in [0.1, 0.15) is 0 Å². The average Bonchev–Trinajstić information content (AvgIpc) is 3.44. The van der Waals surface area contributed by atoms with Crippen LogP contribution >= 0.6 is 0 Å². The van der Waals surface area contributed by atoms with Crippen molar-refractivity contribution in [3.05, 3.63) is 47.7 Å². The summed E-state index contributed by atoms with van der Waals surface area (Å²) in [5.74, 6) is 1.10. The maximum atomic E-state index is 13.1. The Morgan fingerprint density at radius 1 is 1.07 bits per heavy atom. The number of amides is 2. The molecule has 6 atom stereocenters. The summed E-state index contributed by atoms with van der Waals surface area (Å²) in [6.07, 6.45) is 7.27. The van der Waals surface area contributed by atoms with E-state index in [9.17, 15) is 9.59 Å². The van der Waals surface area contributed by atoms with E-state index in [-0.39, 0.29) is 35.5 Å². The van der Waals surface area contributed by atoms with Gasteiger partial charge in [-0.3, -0.25) is 9.59 Å². The smallest absolute Gasteiger partial charge is 0.254 e. The molecule has 28 heavy (non-hydrogen) atoms. The first-order valence-corrected chi connectivity index (χ1v) is 10.3. The van der Waals surface area contributed by atoms with Crippen LogP contribution in [0.4, 0.5) is 0 Å². The van der Waals surface area contributed by atoms with Crippen molar-refractivity contribution in [3.63, 3.8) is 0 Å². The van der Waals surface area contributed by atoms with Crippen LogP contribution in [0.1, 0.15) is 24.6 Å². The Kier molecular flexibility index (Phi) is 3.16. The molecule has 3 fully saturated rings. The van der Waals surface area contributed by atoms with Crippen LogP contribution in [0.3, 0.4) is 0 Å². The van der Waals surface area contributed by atoms with Crippen LogP contribution in [0.2, 0.25) is 0 Å². The average molecular weight is 373 g/mol. The number of carbonyl (C=O) groups excluding carboxylic acids is 2. The molecule has 5 aliphatic rings. The first-order valence-electron chi connectivity index (χ1n) is 10.3. The highest BCUT2D eigenvalue weighted by Crippen LogP contribution is 2.65. The van der Waals surface area contributed by atoms with E-state index in [0.717, 1.165) is 28.7 Å². The normalized spacial score (nSPS) is 35.3. The number of carbonyl (C=O) groups is 2. The van der Waals surface area contributed by atoms with Crippen LogP contribution in [0.5, 0.6) is 0 Å². The zero-order valence-electron chi connectivity index (χ0n) is 16.1. The molecule has 2 bridgehead atoms. The van der Waals surface area contributed by atoms with Crippen LogP contribution < -0.4 is 0 Å². The van der Waals surface area contributed by atoms with E-state index in [1.165, 1.54) is 11.4 Å². The number of hydrogen-bond acceptors (Lipinski definition) is 3. The number of rotatable bonds is 3. The molecule has 2 saturated carbocycles. The van der Waals surface area contributed by atoms with Gasteiger partial charge in [0.2, 0.25) is 0 Å². The van der Waals surface area contributed by atoms with Crippen LogP contribution in [0.15, 0.2) is 41.5 Å². The number of aromatic nitrogens is 1. The standard InChI is InChI=1S/C23H23N3O2/c1-3-25-12(2)18(13-6-4-5-7-19(13)25)11-24-26-22(27)20-14-8-9-15(17-10-16(14)17)21(20)23(26)28/h4-9,11,14-17,20-21H,3,10H2,1-2H3/b24-11-/t14-,15-,16-,17+,20-,21+/m0/s1. The number of imide groups is 1. The molecule has 2 amide bonds. The highest BCUT2D eigenvalue weighted by molar-refractivity contribution is 6.08. The summed E-state index contributed by atoms with van der Waals surface area (Å²) in [6, 6.07) is 8.21. The fourth-order valence-electron chi connectivity index (χ4n) is 6.20. The highest BCUT2D eigenvalue weighted by Gasteiger charge is 2.67. The number of aryl methyl sites for hydroxylation is 1. The molecule has 0 unspecified atom stereocenters. The maximum absolute atomic E-state index is 13.1. The summed E-state index contributed by atoms with van der Waals surface area (Å²) >= 11 is 0. The molecule has 0 radical (unpaired) electrons. The summed E-state index contributed by atoms with van der Waals surface area (Å²) in [6.45, 7) is 5.05. The number of nitrogens with zero attached hydrogens (tertiary/aromatic N) is 3. The molecular formula is C23H23N3O2. The van der Waals surface area contributed by atoms with Crippen molar-refractivity contribution in [1.29, 1.82) is 0 Å². The molecule has 2 heterocycles. The molecule has 1 saturated heterocycles. The lowest BCUT2D eigenvalue weighted by Crippen LogP contribution is -2.40. The Morgan fingerprint density at radius 2 is 1.71 bits per heavy atom.